The van der Waals surface area contributed by atoms with Gasteiger partial charge < -0.3 is 4.74 Å². The lowest BCUT2D eigenvalue weighted by molar-refractivity contribution is 0.0472. The fourth-order valence-corrected chi connectivity index (χ4v) is 3.41. The molecule has 0 aliphatic carbocycles. The second-order valence-corrected chi connectivity index (χ2v) is 6.81. The number of halogens is 1. The lowest BCUT2D eigenvalue weighted by atomic mass is 10.1. The average molecular weight is 374 g/mol. The molecule has 1 heterocycles. The summed E-state index contributed by atoms with van der Waals surface area (Å²) in [5.41, 5.74) is 2.74. The van der Waals surface area contributed by atoms with Gasteiger partial charge in [0.1, 0.15) is 6.61 Å². The summed E-state index contributed by atoms with van der Waals surface area (Å²) in [5.74, 6) is -0.280. The molecule has 0 N–H and O–H groups in total. The average Bonchev–Trinajstić information content (AvgIpc) is 3.06. The number of esters is 1. The minimum absolute atomic E-state index is 0.280. The summed E-state index contributed by atoms with van der Waals surface area (Å²) in [5, 5.41) is 0. The third kappa shape index (κ3) is 4.66. The number of nitrogens with zero attached hydrogens (tertiary/aromatic N) is 1. The van der Waals surface area contributed by atoms with Crippen LogP contribution >= 0.6 is 15.9 Å². The number of hydrogen-bond acceptors (Lipinski definition) is 3. The fourth-order valence-electron chi connectivity index (χ4n) is 2.86. The normalized spacial score (nSPS) is 14.8. The Hall–Kier alpha value is -1.65. The van der Waals surface area contributed by atoms with Gasteiger partial charge in [0.2, 0.25) is 0 Å². The summed E-state index contributed by atoms with van der Waals surface area (Å²) in [6.45, 7) is 3.46. The van der Waals surface area contributed by atoms with Crippen molar-refractivity contribution in [1.29, 1.82) is 0 Å². The van der Waals surface area contributed by atoms with Crippen molar-refractivity contribution < 1.29 is 9.53 Å². The molecule has 4 heteroatoms. The largest absolute Gasteiger partial charge is 0.457 e. The first-order valence-corrected chi connectivity index (χ1v) is 8.73. The van der Waals surface area contributed by atoms with Crippen LogP contribution in [-0.4, -0.2) is 24.0 Å². The minimum atomic E-state index is -0.280. The molecule has 3 rings (SSSR count). The first-order valence-electron chi connectivity index (χ1n) is 7.93. The van der Waals surface area contributed by atoms with Crippen molar-refractivity contribution in [2.24, 2.45) is 0 Å². The van der Waals surface area contributed by atoms with Gasteiger partial charge in [-0.15, -0.1) is 0 Å². The Morgan fingerprint density at radius 3 is 2.52 bits per heavy atom. The lowest BCUT2D eigenvalue weighted by Crippen LogP contribution is -2.18. The van der Waals surface area contributed by atoms with Crippen LogP contribution in [0.2, 0.25) is 0 Å². The van der Waals surface area contributed by atoms with E-state index < -0.39 is 0 Å². The van der Waals surface area contributed by atoms with Gasteiger partial charge in [-0.1, -0.05) is 46.3 Å². The molecule has 0 amide bonds. The number of hydrogen-bond donors (Lipinski definition) is 0. The second-order valence-electron chi connectivity index (χ2n) is 5.89. The van der Waals surface area contributed by atoms with E-state index >= 15 is 0 Å². The van der Waals surface area contributed by atoms with Gasteiger partial charge in [0, 0.05) is 11.0 Å². The van der Waals surface area contributed by atoms with E-state index in [4.69, 9.17) is 4.74 Å². The Bertz CT molecular complexity index is 666. The molecule has 0 saturated carbocycles. The van der Waals surface area contributed by atoms with E-state index in [0.717, 1.165) is 35.2 Å². The van der Waals surface area contributed by atoms with Crippen LogP contribution in [0.3, 0.4) is 0 Å². The van der Waals surface area contributed by atoms with Gasteiger partial charge in [-0.05, 0) is 55.3 Å². The monoisotopic (exact) mass is 373 g/mol. The van der Waals surface area contributed by atoms with E-state index in [2.05, 4.69) is 26.9 Å². The van der Waals surface area contributed by atoms with Gasteiger partial charge >= 0.3 is 5.97 Å². The highest BCUT2D eigenvalue weighted by atomic mass is 79.9. The van der Waals surface area contributed by atoms with Gasteiger partial charge in [-0.25, -0.2) is 4.79 Å². The maximum Gasteiger partial charge on any atom is 0.338 e. The number of benzene rings is 2. The molecule has 0 bridgehead atoms. The Morgan fingerprint density at radius 1 is 1.04 bits per heavy atom. The standard InChI is InChI=1S/C19H20BrNO2/c20-18-11-16(13-21-8-4-5-9-21)10-17(12-18)19(22)23-14-15-6-2-1-3-7-15/h1-3,6-7,10-12H,4-5,8-9,13-14H2. The minimum Gasteiger partial charge on any atom is -0.457 e. The zero-order valence-corrected chi connectivity index (χ0v) is 14.6. The summed E-state index contributed by atoms with van der Waals surface area (Å²) in [7, 11) is 0. The van der Waals surface area contributed by atoms with Crippen molar-refractivity contribution in [1.82, 2.24) is 4.90 Å². The molecule has 1 fully saturated rings. The predicted octanol–water partition coefficient (Wildman–Crippen LogP) is 4.40. The predicted molar refractivity (Wildman–Crippen MR) is 94.2 cm³/mol. The van der Waals surface area contributed by atoms with Gasteiger partial charge in [0.05, 0.1) is 5.56 Å². The molecule has 0 radical (unpaired) electrons. The smallest absolute Gasteiger partial charge is 0.338 e. The Labute approximate surface area is 145 Å². The van der Waals surface area contributed by atoms with Crippen LogP contribution in [0.25, 0.3) is 0 Å². The maximum atomic E-state index is 12.3. The van der Waals surface area contributed by atoms with Crippen molar-refractivity contribution in [3.63, 3.8) is 0 Å². The van der Waals surface area contributed by atoms with Crippen LogP contribution in [-0.2, 0) is 17.9 Å². The third-order valence-corrected chi connectivity index (χ3v) is 4.47. The second kappa shape index (κ2) is 7.75. The van der Waals surface area contributed by atoms with E-state index in [1.54, 1.807) is 0 Å². The van der Waals surface area contributed by atoms with E-state index in [1.165, 1.54) is 12.8 Å². The topological polar surface area (TPSA) is 29.5 Å². The summed E-state index contributed by atoms with van der Waals surface area (Å²) >= 11 is 3.50. The fraction of sp³-hybridized carbons (Fsp3) is 0.316. The number of carbonyl (C=O) groups is 1. The molecule has 1 aliphatic rings. The number of likely N-dealkylation sites (tertiary alicyclic amines) is 1. The Morgan fingerprint density at radius 2 is 1.78 bits per heavy atom. The molecular formula is C19H20BrNO2. The molecule has 23 heavy (non-hydrogen) atoms. The molecule has 2 aromatic carbocycles. The molecule has 1 saturated heterocycles. The van der Waals surface area contributed by atoms with E-state index in [1.807, 2.05) is 42.5 Å². The van der Waals surface area contributed by atoms with Crippen molar-refractivity contribution in [2.45, 2.75) is 26.0 Å². The Kier molecular flexibility index (Phi) is 5.47. The molecule has 0 aromatic heterocycles. The van der Waals surface area contributed by atoms with Gasteiger partial charge in [-0.2, -0.15) is 0 Å². The van der Waals surface area contributed by atoms with Gasteiger partial charge in [0.25, 0.3) is 0 Å². The summed E-state index contributed by atoms with van der Waals surface area (Å²) in [6, 6.07) is 15.6. The highest BCUT2D eigenvalue weighted by Crippen LogP contribution is 2.20. The summed E-state index contributed by atoms with van der Waals surface area (Å²) in [4.78, 5) is 14.7. The number of rotatable bonds is 5. The number of ether oxygens (including phenoxy) is 1. The van der Waals surface area contributed by atoms with Crippen molar-refractivity contribution >= 4 is 21.9 Å². The third-order valence-electron chi connectivity index (χ3n) is 4.01. The summed E-state index contributed by atoms with van der Waals surface area (Å²) < 4.78 is 6.34. The first kappa shape index (κ1) is 16.2. The van der Waals surface area contributed by atoms with Crippen LogP contribution in [0.5, 0.6) is 0 Å². The van der Waals surface area contributed by atoms with Crippen LogP contribution in [0.4, 0.5) is 0 Å². The molecule has 3 nitrogen and oxygen atoms in total. The zero-order valence-electron chi connectivity index (χ0n) is 13.0. The molecule has 2 aromatic rings. The molecular weight excluding hydrogens is 354 g/mol. The number of carbonyl (C=O) groups excluding carboxylic acids is 1. The lowest BCUT2D eigenvalue weighted by Gasteiger charge is -2.15. The quantitative estimate of drug-likeness (QED) is 0.727. The highest BCUT2D eigenvalue weighted by molar-refractivity contribution is 9.10. The molecule has 1 aliphatic heterocycles. The van der Waals surface area contributed by atoms with Crippen LogP contribution in [0.15, 0.2) is 53.0 Å². The first-order chi connectivity index (χ1) is 11.2. The molecule has 0 atom stereocenters. The molecule has 120 valence electrons. The summed E-state index contributed by atoms with van der Waals surface area (Å²) in [6.07, 6.45) is 2.53. The van der Waals surface area contributed by atoms with Crippen molar-refractivity contribution in [3.8, 4) is 0 Å². The van der Waals surface area contributed by atoms with Crippen LogP contribution in [0.1, 0.15) is 34.3 Å². The highest BCUT2D eigenvalue weighted by Gasteiger charge is 2.14. The zero-order chi connectivity index (χ0) is 16.1. The van der Waals surface area contributed by atoms with Crippen LogP contribution in [0, 0.1) is 0 Å². The van der Waals surface area contributed by atoms with Crippen molar-refractivity contribution in [3.05, 3.63) is 69.7 Å². The maximum absolute atomic E-state index is 12.3. The SMILES string of the molecule is O=C(OCc1ccccc1)c1cc(Br)cc(CN2CCCC2)c1. The molecule has 0 unspecified atom stereocenters. The Balaban J connectivity index is 1.66. The van der Waals surface area contributed by atoms with E-state index in [9.17, 15) is 4.79 Å². The van der Waals surface area contributed by atoms with E-state index in [-0.39, 0.29) is 5.97 Å². The van der Waals surface area contributed by atoms with Crippen molar-refractivity contribution in [2.75, 3.05) is 13.1 Å². The van der Waals surface area contributed by atoms with E-state index in [0.29, 0.717) is 12.2 Å². The van der Waals surface area contributed by atoms with Gasteiger partial charge in [-0.3, -0.25) is 4.90 Å². The van der Waals surface area contributed by atoms with Gasteiger partial charge in [0.15, 0.2) is 0 Å². The molecule has 0 spiro atoms. The van der Waals surface area contributed by atoms with Crippen LogP contribution < -0.4 is 0 Å².